The van der Waals surface area contributed by atoms with Crippen molar-refractivity contribution in [3.8, 4) is 11.5 Å². The molecule has 1 aliphatic heterocycles. The summed E-state index contributed by atoms with van der Waals surface area (Å²) < 4.78 is 100. The second-order valence-corrected chi connectivity index (χ2v) is 10.2. The highest BCUT2D eigenvalue weighted by Gasteiger charge is 2.35. The van der Waals surface area contributed by atoms with Gasteiger partial charge in [-0.05, 0) is 37.1 Å². The van der Waals surface area contributed by atoms with Gasteiger partial charge in [0.2, 0.25) is 5.91 Å². The van der Waals surface area contributed by atoms with Gasteiger partial charge in [0, 0.05) is 51.3 Å². The minimum atomic E-state index is -4.92. The fraction of sp³-hybridized carbons (Fsp3) is 0.536. The van der Waals surface area contributed by atoms with E-state index in [0.29, 0.717) is 51.3 Å². The Morgan fingerprint density at radius 2 is 1.59 bits per heavy atom. The molecule has 2 aromatic carbocycles. The van der Waals surface area contributed by atoms with E-state index in [2.05, 4.69) is 4.74 Å². The van der Waals surface area contributed by atoms with Crippen molar-refractivity contribution in [1.82, 2.24) is 4.90 Å². The van der Waals surface area contributed by atoms with E-state index in [4.69, 9.17) is 4.74 Å². The van der Waals surface area contributed by atoms with Crippen LogP contribution in [0.2, 0.25) is 0 Å². The smallest absolute Gasteiger partial charge is 0.482 e. The second kappa shape index (κ2) is 13.2. The highest BCUT2D eigenvalue weighted by Crippen LogP contribution is 2.36. The molecule has 2 aromatic rings. The number of alkyl halides is 6. The Bertz CT molecular complexity index is 1160. The Morgan fingerprint density at radius 3 is 2.24 bits per heavy atom. The standard InChI is InChI=1S/C28H32F7N3O3/c29-21-10-11-22(25(18-21)40-19-27(30,31)32)37-15-12-36(13-16-37)14-17-38(26(39)20-6-2-1-3-7-20)23-8-4-5-9-24(23)41-28(33,34)35/h4-5,8-11,18,20H,1-3,6-7,12-17,19H2. The first-order valence-electron chi connectivity index (χ1n) is 13.5. The van der Waals surface area contributed by atoms with E-state index < -0.39 is 30.7 Å². The molecule has 0 bridgehead atoms. The van der Waals surface area contributed by atoms with Gasteiger partial charge in [-0.15, -0.1) is 13.2 Å². The number of benzene rings is 2. The lowest BCUT2D eigenvalue weighted by Gasteiger charge is -2.38. The topological polar surface area (TPSA) is 45.3 Å². The number of amides is 1. The van der Waals surface area contributed by atoms with Crippen LogP contribution in [0.5, 0.6) is 11.5 Å². The first-order chi connectivity index (χ1) is 19.4. The molecule has 1 amide bonds. The van der Waals surface area contributed by atoms with Crippen molar-refractivity contribution in [2.45, 2.75) is 44.6 Å². The van der Waals surface area contributed by atoms with Crippen LogP contribution in [0.4, 0.5) is 42.1 Å². The van der Waals surface area contributed by atoms with Crippen LogP contribution in [0.15, 0.2) is 42.5 Å². The first-order valence-corrected chi connectivity index (χ1v) is 13.5. The Morgan fingerprint density at radius 1 is 0.902 bits per heavy atom. The maximum Gasteiger partial charge on any atom is 0.573 e. The fourth-order valence-corrected chi connectivity index (χ4v) is 5.29. The second-order valence-electron chi connectivity index (χ2n) is 10.2. The van der Waals surface area contributed by atoms with E-state index in [9.17, 15) is 35.5 Å². The molecule has 13 heteroatoms. The summed E-state index contributed by atoms with van der Waals surface area (Å²) in [6.07, 6.45) is -5.38. The van der Waals surface area contributed by atoms with Crippen molar-refractivity contribution < 1.29 is 45.0 Å². The van der Waals surface area contributed by atoms with Crippen molar-refractivity contribution in [3.63, 3.8) is 0 Å². The third kappa shape index (κ3) is 8.88. The molecular formula is C28H32F7N3O3. The average Bonchev–Trinajstić information content (AvgIpc) is 2.92. The summed E-state index contributed by atoms with van der Waals surface area (Å²) in [6, 6.07) is 9.04. The van der Waals surface area contributed by atoms with Gasteiger partial charge in [0.25, 0.3) is 0 Å². The van der Waals surface area contributed by atoms with Gasteiger partial charge in [-0.25, -0.2) is 4.39 Å². The summed E-state index contributed by atoms with van der Waals surface area (Å²) in [5.41, 5.74) is 0.388. The Labute approximate surface area is 233 Å². The minimum absolute atomic E-state index is 0.0526. The summed E-state index contributed by atoms with van der Waals surface area (Å²) in [5, 5.41) is 0. The predicted molar refractivity (Wildman–Crippen MR) is 139 cm³/mol. The molecule has 1 saturated heterocycles. The van der Waals surface area contributed by atoms with Crippen LogP contribution in [0.3, 0.4) is 0 Å². The number of hydrogen-bond donors (Lipinski definition) is 0. The molecule has 6 nitrogen and oxygen atoms in total. The molecular weight excluding hydrogens is 559 g/mol. The number of hydrogen-bond acceptors (Lipinski definition) is 5. The number of carbonyl (C=O) groups is 1. The number of carbonyl (C=O) groups excluding carboxylic acids is 1. The van der Waals surface area contributed by atoms with E-state index in [-0.39, 0.29) is 29.8 Å². The fourth-order valence-electron chi connectivity index (χ4n) is 5.29. The van der Waals surface area contributed by atoms with Gasteiger partial charge in [0.15, 0.2) is 12.4 Å². The van der Waals surface area contributed by atoms with Crippen molar-refractivity contribution in [1.29, 1.82) is 0 Å². The molecule has 0 spiro atoms. The highest BCUT2D eigenvalue weighted by molar-refractivity contribution is 5.96. The number of piperazine rings is 1. The molecule has 0 aromatic heterocycles. The molecule has 0 radical (unpaired) electrons. The summed E-state index contributed by atoms with van der Waals surface area (Å²) in [7, 11) is 0. The van der Waals surface area contributed by atoms with Crippen LogP contribution in [0, 0.1) is 11.7 Å². The summed E-state index contributed by atoms with van der Waals surface area (Å²) in [5.74, 6) is -1.90. The zero-order valence-electron chi connectivity index (χ0n) is 22.3. The van der Waals surface area contributed by atoms with Gasteiger partial charge in [-0.1, -0.05) is 31.4 Å². The number of rotatable bonds is 9. The molecule has 4 rings (SSSR count). The molecule has 0 atom stereocenters. The molecule has 226 valence electrons. The molecule has 1 heterocycles. The highest BCUT2D eigenvalue weighted by atomic mass is 19.4. The van der Waals surface area contributed by atoms with Gasteiger partial charge in [0.1, 0.15) is 11.6 Å². The van der Waals surface area contributed by atoms with E-state index in [1.165, 1.54) is 29.2 Å². The summed E-state index contributed by atoms with van der Waals surface area (Å²) in [6.45, 7) is 0.632. The van der Waals surface area contributed by atoms with Gasteiger partial charge >= 0.3 is 12.5 Å². The Kier molecular flexibility index (Phi) is 9.88. The number of ether oxygens (including phenoxy) is 2. The SMILES string of the molecule is O=C(C1CCCCC1)N(CCN1CCN(c2ccc(F)cc2OCC(F)(F)F)CC1)c1ccccc1OC(F)(F)F. The molecule has 2 aliphatic rings. The zero-order chi connectivity index (χ0) is 29.6. The van der Waals surface area contributed by atoms with Crippen LogP contribution in [-0.4, -0.2) is 69.2 Å². The van der Waals surface area contributed by atoms with Crippen molar-refractivity contribution >= 4 is 17.3 Å². The molecule has 1 aliphatic carbocycles. The lowest BCUT2D eigenvalue weighted by atomic mass is 9.88. The number of nitrogens with zero attached hydrogens (tertiary/aromatic N) is 3. The molecule has 1 saturated carbocycles. The third-order valence-electron chi connectivity index (χ3n) is 7.27. The lowest BCUT2D eigenvalue weighted by Crippen LogP contribution is -2.50. The monoisotopic (exact) mass is 591 g/mol. The maximum atomic E-state index is 13.7. The predicted octanol–water partition coefficient (Wildman–Crippen LogP) is 6.40. The molecule has 0 unspecified atom stereocenters. The van der Waals surface area contributed by atoms with Gasteiger partial charge in [-0.2, -0.15) is 13.2 Å². The summed E-state index contributed by atoms with van der Waals surface area (Å²) in [4.78, 5) is 18.8. The van der Waals surface area contributed by atoms with E-state index in [1.54, 1.807) is 11.0 Å². The molecule has 2 fully saturated rings. The van der Waals surface area contributed by atoms with Crippen molar-refractivity contribution in [2.75, 3.05) is 55.7 Å². The van der Waals surface area contributed by atoms with Crippen LogP contribution in [-0.2, 0) is 4.79 Å². The van der Waals surface area contributed by atoms with Crippen LogP contribution >= 0.6 is 0 Å². The first kappa shape index (κ1) is 30.7. The molecule has 0 N–H and O–H groups in total. The average molecular weight is 592 g/mol. The number of anilines is 2. The Hall–Kier alpha value is -3.22. The quantitative estimate of drug-likeness (QED) is 0.316. The van der Waals surface area contributed by atoms with Gasteiger partial charge < -0.3 is 19.3 Å². The van der Waals surface area contributed by atoms with E-state index in [1.807, 2.05) is 4.90 Å². The molecule has 41 heavy (non-hydrogen) atoms. The zero-order valence-corrected chi connectivity index (χ0v) is 22.3. The van der Waals surface area contributed by atoms with E-state index in [0.717, 1.165) is 31.4 Å². The van der Waals surface area contributed by atoms with Crippen LogP contribution < -0.4 is 19.3 Å². The van der Waals surface area contributed by atoms with Crippen LogP contribution in [0.1, 0.15) is 32.1 Å². The number of halogens is 7. The Balaban J connectivity index is 1.44. The third-order valence-corrected chi connectivity index (χ3v) is 7.27. The van der Waals surface area contributed by atoms with Crippen molar-refractivity contribution in [2.24, 2.45) is 5.92 Å². The van der Waals surface area contributed by atoms with Crippen molar-refractivity contribution in [3.05, 3.63) is 48.3 Å². The van der Waals surface area contributed by atoms with Crippen LogP contribution in [0.25, 0.3) is 0 Å². The largest absolute Gasteiger partial charge is 0.573 e. The van der Waals surface area contributed by atoms with Gasteiger partial charge in [0.05, 0.1) is 11.4 Å². The van der Waals surface area contributed by atoms with E-state index >= 15 is 0 Å². The normalized spacial score (nSPS) is 17.4. The number of para-hydroxylation sites is 2. The summed E-state index contributed by atoms with van der Waals surface area (Å²) >= 11 is 0. The van der Waals surface area contributed by atoms with Gasteiger partial charge in [-0.3, -0.25) is 9.69 Å². The lowest BCUT2D eigenvalue weighted by molar-refractivity contribution is -0.274. The minimum Gasteiger partial charge on any atom is -0.482 e. The maximum absolute atomic E-state index is 13.7.